The molecule has 1 aromatic heterocycles. The SMILES string of the molecule is Cc1[nH]c(=O)c(C#N)c(C)c1CCC(=O)N1CC(C)CC(C)C1. The standard InChI is InChI=1S/C18H25N3O2/c1-11-7-12(2)10-21(9-11)17(22)6-5-15-13(3)16(8-19)18(23)20-14(15)4/h11-12H,5-7,9-10H2,1-4H3,(H,20,23). The molecule has 1 aromatic rings. The molecule has 0 spiro atoms. The molecule has 5 nitrogen and oxygen atoms in total. The summed E-state index contributed by atoms with van der Waals surface area (Å²) in [6.45, 7) is 9.63. The molecule has 2 unspecified atom stereocenters. The lowest BCUT2D eigenvalue weighted by Crippen LogP contribution is -2.42. The van der Waals surface area contributed by atoms with Gasteiger partial charge in [0.25, 0.3) is 5.56 Å². The first-order valence-electron chi connectivity index (χ1n) is 8.23. The molecule has 0 saturated carbocycles. The number of pyridine rings is 1. The van der Waals surface area contributed by atoms with Crippen molar-refractivity contribution in [2.75, 3.05) is 13.1 Å². The second-order valence-electron chi connectivity index (χ2n) is 6.91. The fourth-order valence-corrected chi connectivity index (χ4v) is 3.68. The molecule has 1 fully saturated rings. The number of piperidine rings is 1. The molecule has 1 amide bonds. The highest BCUT2D eigenvalue weighted by Crippen LogP contribution is 2.22. The van der Waals surface area contributed by atoms with E-state index in [1.807, 2.05) is 17.9 Å². The first kappa shape index (κ1) is 17.3. The van der Waals surface area contributed by atoms with Gasteiger partial charge in [0, 0.05) is 25.2 Å². The summed E-state index contributed by atoms with van der Waals surface area (Å²) in [5.41, 5.74) is 2.16. The van der Waals surface area contributed by atoms with Crippen LogP contribution in [0.25, 0.3) is 0 Å². The molecule has 0 aromatic carbocycles. The van der Waals surface area contributed by atoms with Crippen molar-refractivity contribution < 1.29 is 4.79 Å². The van der Waals surface area contributed by atoms with Crippen LogP contribution in [0, 0.1) is 37.0 Å². The van der Waals surface area contributed by atoms with Crippen LogP contribution in [0.5, 0.6) is 0 Å². The number of carbonyl (C=O) groups excluding carboxylic acids is 1. The van der Waals surface area contributed by atoms with Crippen molar-refractivity contribution in [3.05, 3.63) is 32.7 Å². The summed E-state index contributed by atoms with van der Waals surface area (Å²) in [7, 11) is 0. The predicted octanol–water partition coefficient (Wildman–Crippen LogP) is 2.30. The lowest BCUT2D eigenvalue weighted by molar-refractivity contribution is -0.133. The molecule has 0 radical (unpaired) electrons. The number of nitrogens with one attached hydrogen (secondary N) is 1. The number of rotatable bonds is 3. The normalized spacial score (nSPS) is 21.1. The fourth-order valence-electron chi connectivity index (χ4n) is 3.68. The predicted molar refractivity (Wildman–Crippen MR) is 89.1 cm³/mol. The van der Waals surface area contributed by atoms with E-state index in [0.29, 0.717) is 30.2 Å². The highest BCUT2D eigenvalue weighted by molar-refractivity contribution is 5.76. The van der Waals surface area contributed by atoms with Crippen molar-refractivity contribution in [2.24, 2.45) is 11.8 Å². The van der Waals surface area contributed by atoms with Gasteiger partial charge in [0.15, 0.2) is 0 Å². The molecule has 1 aliphatic heterocycles. The van der Waals surface area contributed by atoms with E-state index in [-0.39, 0.29) is 17.0 Å². The van der Waals surface area contributed by atoms with Gasteiger partial charge >= 0.3 is 0 Å². The van der Waals surface area contributed by atoms with Crippen molar-refractivity contribution >= 4 is 5.91 Å². The zero-order valence-electron chi connectivity index (χ0n) is 14.4. The molecular weight excluding hydrogens is 290 g/mol. The summed E-state index contributed by atoms with van der Waals surface area (Å²) in [6.07, 6.45) is 2.15. The van der Waals surface area contributed by atoms with E-state index in [1.165, 1.54) is 6.42 Å². The molecule has 2 heterocycles. The Labute approximate surface area is 137 Å². The average Bonchev–Trinajstić information content (AvgIpc) is 2.45. The van der Waals surface area contributed by atoms with Gasteiger partial charge in [0.2, 0.25) is 5.91 Å². The molecule has 2 rings (SSSR count). The third-order valence-electron chi connectivity index (χ3n) is 4.73. The van der Waals surface area contributed by atoms with Crippen molar-refractivity contribution in [1.82, 2.24) is 9.88 Å². The van der Waals surface area contributed by atoms with Gasteiger partial charge in [-0.3, -0.25) is 9.59 Å². The van der Waals surface area contributed by atoms with E-state index in [4.69, 9.17) is 5.26 Å². The number of H-pyrrole nitrogens is 1. The van der Waals surface area contributed by atoms with Crippen LogP contribution in [0.2, 0.25) is 0 Å². The maximum Gasteiger partial charge on any atom is 0.266 e. The number of aryl methyl sites for hydroxylation is 1. The van der Waals surface area contributed by atoms with Crippen LogP contribution < -0.4 is 5.56 Å². The van der Waals surface area contributed by atoms with Crippen LogP contribution in [0.3, 0.4) is 0 Å². The van der Waals surface area contributed by atoms with E-state index in [0.717, 1.165) is 24.3 Å². The number of likely N-dealkylation sites (tertiary alicyclic amines) is 1. The maximum atomic E-state index is 12.5. The van der Waals surface area contributed by atoms with Gasteiger partial charge in [0.05, 0.1) is 0 Å². The molecule has 0 bridgehead atoms. The number of hydrogen-bond acceptors (Lipinski definition) is 3. The Balaban J connectivity index is 2.11. The molecular formula is C18H25N3O2. The monoisotopic (exact) mass is 315 g/mol. The minimum Gasteiger partial charge on any atom is -0.342 e. The summed E-state index contributed by atoms with van der Waals surface area (Å²) in [6, 6.07) is 1.95. The second-order valence-corrected chi connectivity index (χ2v) is 6.91. The topological polar surface area (TPSA) is 77.0 Å². The van der Waals surface area contributed by atoms with Gasteiger partial charge < -0.3 is 9.88 Å². The molecule has 1 aliphatic rings. The van der Waals surface area contributed by atoms with Crippen LogP contribution in [-0.2, 0) is 11.2 Å². The summed E-state index contributed by atoms with van der Waals surface area (Å²) in [5, 5.41) is 9.11. The van der Waals surface area contributed by atoms with Gasteiger partial charge in [-0.25, -0.2) is 0 Å². The van der Waals surface area contributed by atoms with Crippen molar-refractivity contribution in [1.29, 1.82) is 5.26 Å². The maximum absolute atomic E-state index is 12.5. The Hall–Kier alpha value is -2.09. The second kappa shape index (κ2) is 6.99. The Morgan fingerprint density at radius 2 is 1.91 bits per heavy atom. The Kier molecular flexibility index (Phi) is 5.25. The Morgan fingerprint density at radius 3 is 2.48 bits per heavy atom. The number of nitrogens with zero attached hydrogens (tertiary/aromatic N) is 2. The first-order valence-corrected chi connectivity index (χ1v) is 8.23. The van der Waals surface area contributed by atoms with Crippen molar-refractivity contribution in [3.8, 4) is 6.07 Å². The van der Waals surface area contributed by atoms with Gasteiger partial charge in [-0.1, -0.05) is 13.8 Å². The van der Waals surface area contributed by atoms with Crippen LogP contribution in [0.4, 0.5) is 0 Å². The molecule has 5 heteroatoms. The number of amides is 1. The molecule has 1 N–H and O–H groups in total. The highest BCUT2D eigenvalue weighted by Gasteiger charge is 2.25. The summed E-state index contributed by atoms with van der Waals surface area (Å²) < 4.78 is 0. The fraction of sp³-hybridized carbons (Fsp3) is 0.611. The zero-order valence-corrected chi connectivity index (χ0v) is 14.4. The molecule has 23 heavy (non-hydrogen) atoms. The first-order chi connectivity index (χ1) is 10.8. The van der Waals surface area contributed by atoms with Gasteiger partial charge in [-0.2, -0.15) is 5.26 Å². The van der Waals surface area contributed by atoms with E-state index >= 15 is 0 Å². The van der Waals surface area contributed by atoms with E-state index < -0.39 is 0 Å². The average molecular weight is 315 g/mol. The smallest absolute Gasteiger partial charge is 0.266 e. The van der Waals surface area contributed by atoms with E-state index in [9.17, 15) is 9.59 Å². The van der Waals surface area contributed by atoms with Crippen LogP contribution in [-0.4, -0.2) is 28.9 Å². The minimum atomic E-state index is -0.351. The van der Waals surface area contributed by atoms with Crippen molar-refractivity contribution in [2.45, 2.75) is 47.0 Å². The minimum absolute atomic E-state index is 0.151. The van der Waals surface area contributed by atoms with E-state index in [1.54, 1.807) is 6.92 Å². The Morgan fingerprint density at radius 1 is 1.30 bits per heavy atom. The van der Waals surface area contributed by atoms with Crippen LogP contribution in [0.1, 0.15) is 49.1 Å². The van der Waals surface area contributed by atoms with Crippen molar-refractivity contribution in [3.63, 3.8) is 0 Å². The number of nitriles is 1. The number of aromatic nitrogens is 1. The molecule has 0 aliphatic carbocycles. The summed E-state index contributed by atoms with van der Waals surface area (Å²) in [5.74, 6) is 1.25. The largest absolute Gasteiger partial charge is 0.342 e. The molecule has 1 saturated heterocycles. The number of hydrogen-bond donors (Lipinski definition) is 1. The van der Waals surface area contributed by atoms with Gasteiger partial charge in [-0.05, 0) is 49.7 Å². The number of carbonyl (C=O) groups is 1. The third kappa shape index (κ3) is 3.82. The van der Waals surface area contributed by atoms with Gasteiger partial charge in [0.1, 0.15) is 11.6 Å². The summed E-state index contributed by atoms with van der Waals surface area (Å²) in [4.78, 5) is 28.9. The van der Waals surface area contributed by atoms with Gasteiger partial charge in [-0.15, -0.1) is 0 Å². The van der Waals surface area contributed by atoms with E-state index in [2.05, 4.69) is 18.8 Å². The third-order valence-corrected chi connectivity index (χ3v) is 4.73. The summed E-state index contributed by atoms with van der Waals surface area (Å²) >= 11 is 0. The Bertz CT molecular complexity index is 689. The lowest BCUT2D eigenvalue weighted by atomic mass is 9.91. The van der Waals surface area contributed by atoms with Crippen LogP contribution in [0.15, 0.2) is 4.79 Å². The molecule has 124 valence electrons. The number of aromatic amines is 1. The quantitative estimate of drug-likeness (QED) is 0.929. The van der Waals surface area contributed by atoms with Crippen LogP contribution >= 0.6 is 0 Å². The zero-order chi connectivity index (χ0) is 17.1. The molecule has 2 atom stereocenters. The highest BCUT2D eigenvalue weighted by atomic mass is 16.2. The lowest BCUT2D eigenvalue weighted by Gasteiger charge is -2.35.